The predicted molar refractivity (Wildman–Crippen MR) is 63.5 cm³/mol. The first-order valence-corrected chi connectivity index (χ1v) is 5.29. The topological polar surface area (TPSA) is 65.2 Å². The Balaban J connectivity index is 2.07. The van der Waals surface area contributed by atoms with E-state index in [9.17, 15) is 9.18 Å². The van der Waals surface area contributed by atoms with E-state index in [4.69, 9.17) is 10.5 Å². The molecule has 1 aromatic carbocycles. The highest BCUT2D eigenvalue weighted by atomic mass is 19.1. The summed E-state index contributed by atoms with van der Waals surface area (Å²) >= 11 is 0. The number of aromatic nitrogens is 1. The molecule has 0 atom stereocenters. The fourth-order valence-corrected chi connectivity index (χ4v) is 1.43. The first kappa shape index (κ1) is 12.0. The Morgan fingerprint density at radius 3 is 2.78 bits per heavy atom. The van der Waals surface area contributed by atoms with Crippen molar-refractivity contribution in [3.63, 3.8) is 0 Å². The summed E-state index contributed by atoms with van der Waals surface area (Å²) in [4.78, 5) is 14.9. The Hall–Kier alpha value is -2.43. The second-order valence-corrected chi connectivity index (χ2v) is 3.62. The van der Waals surface area contributed by atoms with Gasteiger partial charge in [0.2, 0.25) is 0 Å². The highest BCUT2D eigenvalue weighted by molar-refractivity contribution is 5.93. The van der Waals surface area contributed by atoms with E-state index >= 15 is 0 Å². The lowest BCUT2D eigenvalue weighted by atomic mass is 10.2. The number of hydrogen-bond donors (Lipinski definition) is 1. The van der Waals surface area contributed by atoms with Gasteiger partial charge >= 0.3 is 0 Å². The number of nitrogens with two attached hydrogens (primary N) is 1. The van der Waals surface area contributed by atoms with Crippen LogP contribution in [-0.2, 0) is 6.61 Å². The Labute approximate surface area is 103 Å². The van der Waals surface area contributed by atoms with Gasteiger partial charge in [-0.1, -0.05) is 6.07 Å². The van der Waals surface area contributed by atoms with Crippen molar-refractivity contribution < 1.29 is 13.9 Å². The lowest BCUT2D eigenvalue weighted by Gasteiger charge is -2.06. The number of hydrogen-bond acceptors (Lipinski definition) is 3. The molecule has 1 heterocycles. The number of rotatable bonds is 4. The van der Waals surface area contributed by atoms with E-state index in [0.29, 0.717) is 5.75 Å². The standard InChI is InChI=1S/C13H11FN2O2/c14-12-7-10(4-5-11(12)13(15)17)18-8-9-3-1-2-6-16-9/h1-7H,8H2,(H2,15,17). The van der Waals surface area contributed by atoms with Crippen molar-refractivity contribution in [2.24, 2.45) is 5.73 Å². The molecule has 0 aliphatic carbocycles. The van der Waals surface area contributed by atoms with Gasteiger partial charge in [-0.2, -0.15) is 0 Å². The molecule has 0 spiro atoms. The quantitative estimate of drug-likeness (QED) is 0.896. The third-order valence-corrected chi connectivity index (χ3v) is 2.32. The number of amides is 1. The molecule has 2 N–H and O–H groups in total. The molecule has 0 saturated heterocycles. The fraction of sp³-hybridized carbons (Fsp3) is 0.0769. The van der Waals surface area contributed by atoms with Crippen LogP contribution in [0.25, 0.3) is 0 Å². The van der Waals surface area contributed by atoms with Gasteiger partial charge in [-0.15, -0.1) is 0 Å². The number of ether oxygens (including phenoxy) is 1. The highest BCUT2D eigenvalue weighted by Crippen LogP contribution is 2.17. The molecule has 0 unspecified atom stereocenters. The summed E-state index contributed by atoms with van der Waals surface area (Å²) < 4.78 is 18.8. The van der Waals surface area contributed by atoms with Gasteiger partial charge in [0.25, 0.3) is 5.91 Å². The van der Waals surface area contributed by atoms with Crippen LogP contribution in [0.2, 0.25) is 0 Å². The van der Waals surface area contributed by atoms with Crippen LogP contribution in [0.1, 0.15) is 16.1 Å². The predicted octanol–water partition coefficient (Wildman–Crippen LogP) is 1.90. The van der Waals surface area contributed by atoms with Gasteiger partial charge in [0.05, 0.1) is 11.3 Å². The molecule has 18 heavy (non-hydrogen) atoms. The van der Waals surface area contributed by atoms with Crippen molar-refractivity contribution in [2.75, 3.05) is 0 Å². The van der Waals surface area contributed by atoms with Gasteiger partial charge in [-0.05, 0) is 24.3 Å². The first-order chi connectivity index (χ1) is 8.66. The number of pyridine rings is 1. The summed E-state index contributed by atoms with van der Waals surface area (Å²) in [5.41, 5.74) is 5.58. The molecule has 4 nitrogen and oxygen atoms in total. The Morgan fingerprint density at radius 1 is 1.33 bits per heavy atom. The normalized spacial score (nSPS) is 10.1. The van der Waals surface area contributed by atoms with Gasteiger partial charge in [0.15, 0.2) is 0 Å². The first-order valence-electron chi connectivity index (χ1n) is 5.29. The molecular formula is C13H11FN2O2. The Morgan fingerprint density at radius 2 is 2.17 bits per heavy atom. The summed E-state index contributed by atoms with van der Waals surface area (Å²) in [5, 5.41) is 0. The van der Waals surface area contributed by atoms with E-state index in [0.717, 1.165) is 11.8 Å². The van der Waals surface area contributed by atoms with Crippen molar-refractivity contribution >= 4 is 5.91 Å². The van der Waals surface area contributed by atoms with Crippen LogP contribution in [0.15, 0.2) is 42.6 Å². The van der Waals surface area contributed by atoms with Crippen LogP contribution < -0.4 is 10.5 Å². The lowest BCUT2D eigenvalue weighted by molar-refractivity contribution is 0.0996. The molecule has 0 saturated carbocycles. The number of benzene rings is 1. The van der Waals surface area contributed by atoms with Crippen molar-refractivity contribution in [2.45, 2.75) is 6.61 Å². The SMILES string of the molecule is NC(=O)c1ccc(OCc2ccccn2)cc1F. The molecule has 0 bridgehead atoms. The van der Waals surface area contributed by atoms with E-state index in [2.05, 4.69) is 4.98 Å². The molecular weight excluding hydrogens is 235 g/mol. The highest BCUT2D eigenvalue weighted by Gasteiger charge is 2.09. The lowest BCUT2D eigenvalue weighted by Crippen LogP contribution is -2.13. The van der Waals surface area contributed by atoms with Gasteiger partial charge in [-0.25, -0.2) is 4.39 Å². The fourth-order valence-electron chi connectivity index (χ4n) is 1.43. The second kappa shape index (κ2) is 5.27. The average molecular weight is 246 g/mol. The molecule has 1 amide bonds. The molecule has 5 heteroatoms. The summed E-state index contributed by atoms with van der Waals surface area (Å²) in [5.74, 6) is -1.17. The minimum atomic E-state index is -0.802. The number of nitrogens with zero attached hydrogens (tertiary/aromatic N) is 1. The van der Waals surface area contributed by atoms with E-state index < -0.39 is 11.7 Å². The van der Waals surface area contributed by atoms with Crippen LogP contribution in [0.5, 0.6) is 5.75 Å². The molecule has 1 aromatic heterocycles. The Bertz CT molecular complexity index is 558. The van der Waals surface area contributed by atoms with Crippen molar-refractivity contribution in [1.29, 1.82) is 0 Å². The minimum Gasteiger partial charge on any atom is -0.487 e. The van der Waals surface area contributed by atoms with Crippen LogP contribution in [0.3, 0.4) is 0 Å². The number of halogens is 1. The van der Waals surface area contributed by atoms with Gasteiger partial charge in [0, 0.05) is 12.3 Å². The van der Waals surface area contributed by atoms with E-state index in [1.807, 2.05) is 6.07 Å². The van der Waals surface area contributed by atoms with Crippen molar-refractivity contribution in [1.82, 2.24) is 4.98 Å². The summed E-state index contributed by atoms with van der Waals surface area (Å²) in [6.07, 6.45) is 1.65. The number of primary amides is 1. The maximum absolute atomic E-state index is 13.4. The smallest absolute Gasteiger partial charge is 0.251 e. The summed E-state index contributed by atoms with van der Waals surface area (Å²) in [6, 6.07) is 9.35. The van der Waals surface area contributed by atoms with Crippen LogP contribution in [0.4, 0.5) is 4.39 Å². The summed E-state index contributed by atoms with van der Waals surface area (Å²) in [7, 11) is 0. The average Bonchev–Trinajstić information content (AvgIpc) is 2.37. The molecule has 2 rings (SSSR count). The van der Waals surface area contributed by atoms with E-state index in [1.54, 1.807) is 18.3 Å². The molecule has 2 aromatic rings. The monoisotopic (exact) mass is 246 g/mol. The van der Waals surface area contributed by atoms with Crippen LogP contribution in [-0.4, -0.2) is 10.9 Å². The largest absolute Gasteiger partial charge is 0.487 e. The zero-order chi connectivity index (χ0) is 13.0. The van der Waals surface area contributed by atoms with E-state index in [1.165, 1.54) is 12.1 Å². The zero-order valence-corrected chi connectivity index (χ0v) is 9.47. The summed E-state index contributed by atoms with van der Waals surface area (Å²) in [6.45, 7) is 0.232. The molecule has 0 aliphatic heterocycles. The minimum absolute atomic E-state index is 0.153. The zero-order valence-electron chi connectivity index (χ0n) is 9.47. The maximum Gasteiger partial charge on any atom is 0.251 e. The third kappa shape index (κ3) is 2.82. The second-order valence-electron chi connectivity index (χ2n) is 3.62. The van der Waals surface area contributed by atoms with Gasteiger partial charge in [-0.3, -0.25) is 9.78 Å². The molecule has 92 valence electrons. The molecule has 0 radical (unpaired) electrons. The maximum atomic E-state index is 13.4. The molecule has 0 fully saturated rings. The Kier molecular flexibility index (Phi) is 3.52. The number of carbonyl (C=O) groups excluding carboxylic acids is 1. The van der Waals surface area contributed by atoms with Crippen LogP contribution in [0, 0.1) is 5.82 Å². The van der Waals surface area contributed by atoms with Crippen molar-refractivity contribution in [3.8, 4) is 5.75 Å². The van der Waals surface area contributed by atoms with Crippen LogP contribution >= 0.6 is 0 Å². The van der Waals surface area contributed by atoms with E-state index in [-0.39, 0.29) is 12.2 Å². The van der Waals surface area contributed by atoms with Crippen molar-refractivity contribution in [3.05, 3.63) is 59.7 Å². The molecule has 0 aliphatic rings. The van der Waals surface area contributed by atoms with Gasteiger partial charge in [0.1, 0.15) is 18.2 Å². The third-order valence-electron chi connectivity index (χ3n) is 2.32. The number of carbonyl (C=O) groups is 1. The van der Waals surface area contributed by atoms with Gasteiger partial charge < -0.3 is 10.5 Å².